The summed E-state index contributed by atoms with van der Waals surface area (Å²) in [5.41, 5.74) is 1.44. The maximum Gasteiger partial charge on any atom is 0.129 e. The van der Waals surface area contributed by atoms with Gasteiger partial charge >= 0.3 is 0 Å². The van der Waals surface area contributed by atoms with Gasteiger partial charge in [0.25, 0.3) is 0 Å². The van der Waals surface area contributed by atoms with E-state index in [1.54, 1.807) is 0 Å². The molecule has 3 bridgehead atoms. The molecule has 0 radical (unpaired) electrons. The lowest BCUT2D eigenvalue weighted by Gasteiger charge is -2.56. The van der Waals surface area contributed by atoms with Crippen molar-refractivity contribution in [3.8, 4) is 0 Å². The van der Waals surface area contributed by atoms with Crippen molar-refractivity contribution in [2.45, 2.75) is 68.8 Å². The highest BCUT2D eigenvalue weighted by molar-refractivity contribution is 9.10. The van der Waals surface area contributed by atoms with Crippen molar-refractivity contribution in [3.05, 3.63) is 12.2 Å². The van der Waals surface area contributed by atoms with E-state index in [4.69, 9.17) is 9.47 Å². The smallest absolute Gasteiger partial charge is 0.129 e. The summed E-state index contributed by atoms with van der Waals surface area (Å²) in [6, 6.07) is 0. The molecular formula is C15H21BrO2. The molecule has 2 saturated carbocycles. The average molecular weight is 313 g/mol. The minimum absolute atomic E-state index is 0.0426. The zero-order valence-corrected chi connectivity index (χ0v) is 13.0. The van der Waals surface area contributed by atoms with Gasteiger partial charge < -0.3 is 9.47 Å². The Kier molecular flexibility index (Phi) is 1.93. The van der Waals surface area contributed by atoms with Gasteiger partial charge in [-0.25, -0.2) is 0 Å². The molecular weight excluding hydrogens is 292 g/mol. The first-order chi connectivity index (χ1) is 8.26. The van der Waals surface area contributed by atoms with Gasteiger partial charge in [0.2, 0.25) is 0 Å². The minimum Gasteiger partial charge on any atom is -0.367 e. The predicted molar refractivity (Wildman–Crippen MR) is 73.6 cm³/mol. The number of hydrogen-bond donors (Lipinski definition) is 0. The van der Waals surface area contributed by atoms with E-state index in [2.05, 4.69) is 43.3 Å². The van der Waals surface area contributed by atoms with Gasteiger partial charge in [0.1, 0.15) is 4.51 Å². The van der Waals surface area contributed by atoms with Crippen LogP contribution in [0.2, 0.25) is 0 Å². The van der Waals surface area contributed by atoms with Crippen LogP contribution in [0.1, 0.15) is 46.5 Å². The van der Waals surface area contributed by atoms with Crippen molar-refractivity contribution < 1.29 is 9.47 Å². The number of halogens is 1. The molecule has 3 heteroatoms. The summed E-state index contributed by atoms with van der Waals surface area (Å²) in [6.45, 7) is 11.2. The van der Waals surface area contributed by atoms with Crippen LogP contribution in [0.3, 0.4) is 0 Å². The largest absolute Gasteiger partial charge is 0.367 e. The van der Waals surface area contributed by atoms with Crippen molar-refractivity contribution in [2.75, 3.05) is 0 Å². The Labute approximate surface area is 117 Å². The highest BCUT2D eigenvalue weighted by Crippen LogP contribution is 2.77. The molecule has 0 aromatic heterocycles. The maximum absolute atomic E-state index is 6.49. The lowest BCUT2D eigenvalue weighted by Crippen LogP contribution is -2.60. The fraction of sp³-hybridized carbons (Fsp3) is 0.867. The number of fused-ring (bicyclic) bond motifs is 2. The Morgan fingerprint density at radius 1 is 1.22 bits per heavy atom. The monoisotopic (exact) mass is 312 g/mol. The second kappa shape index (κ2) is 2.91. The zero-order chi connectivity index (χ0) is 13.0. The minimum atomic E-state index is -0.174. The summed E-state index contributed by atoms with van der Waals surface area (Å²) in [6.07, 6.45) is 4.70. The summed E-state index contributed by atoms with van der Waals surface area (Å²) in [7, 11) is 0. The second-order valence-electron chi connectivity index (χ2n) is 7.34. The molecule has 18 heavy (non-hydrogen) atoms. The third-order valence-electron chi connectivity index (χ3n) is 6.61. The topological polar surface area (TPSA) is 18.5 Å². The van der Waals surface area contributed by atoms with Crippen LogP contribution < -0.4 is 0 Å². The molecule has 0 aromatic carbocycles. The molecule has 100 valence electrons. The van der Waals surface area contributed by atoms with Gasteiger partial charge in [-0.1, -0.05) is 36.4 Å². The van der Waals surface area contributed by atoms with E-state index in [0.717, 1.165) is 25.7 Å². The van der Waals surface area contributed by atoms with Crippen LogP contribution in [0, 0.1) is 10.8 Å². The summed E-state index contributed by atoms with van der Waals surface area (Å²) in [5.74, 6) is 0. The molecule has 2 saturated heterocycles. The molecule has 4 fully saturated rings. The van der Waals surface area contributed by atoms with Crippen molar-refractivity contribution in [3.63, 3.8) is 0 Å². The van der Waals surface area contributed by atoms with Crippen LogP contribution in [-0.4, -0.2) is 22.3 Å². The van der Waals surface area contributed by atoms with Crippen LogP contribution in [0.25, 0.3) is 0 Å². The summed E-state index contributed by atoms with van der Waals surface area (Å²) in [5, 5.41) is 0. The number of alkyl halides is 1. The standard InChI is InChI=1S/C15H21BrO2/c1-9-7-11-14-8-10(9)17-13(14,4)5-6-15(16,18-11)12(14,2)3/h10-11H,1,5-8H2,2-4H3. The van der Waals surface area contributed by atoms with Gasteiger partial charge in [-0.05, 0) is 38.2 Å². The Morgan fingerprint density at radius 2 is 1.94 bits per heavy atom. The van der Waals surface area contributed by atoms with Gasteiger partial charge in [-0.15, -0.1) is 0 Å². The second-order valence-corrected chi connectivity index (χ2v) is 8.62. The molecule has 5 unspecified atom stereocenters. The normalized spacial score (nSPS) is 60.1. The quantitative estimate of drug-likeness (QED) is 0.500. The van der Waals surface area contributed by atoms with E-state index in [9.17, 15) is 0 Å². The van der Waals surface area contributed by atoms with E-state index >= 15 is 0 Å². The van der Waals surface area contributed by atoms with Crippen molar-refractivity contribution in [2.24, 2.45) is 10.8 Å². The summed E-state index contributed by atoms with van der Waals surface area (Å²) >= 11 is 3.93. The van der Waals surface area contributed by atoms with Crippen LogP contribution in [0.5, 0.6) is 0 Å². The fourth-order valence-electron chi connectivity index (χ4n) is 5.43. The molecule has 2 aliphatic heterocycles. The van der Waals surface area contributed by atoms with Gasteiger partial charge in [0.15, 0.2) is 0 Å². The molecule has 0 amide bonds. The summed E-state index contributed by atoms with van der Waals surface area (Å²) in [4.78, 5) is 0. The lowest BCUT2D eigenvalue weighted by molar-refractivity contribution is -0.129. The third kappa shape index (κ3) is 0.928. The molecule has 4 aliphatic rings. The van der Waals surface area contributed by atoms with E-state index in [1.807, 2.05) is 0 Å². The van der Waals surface area contributed by atoms with Gasteiger partial charge in [-0.2, -0.15) is 0 Å². The molecule has 0 N–H and O–H groups in total. The van der Waals surface area contributed by atoms with Crippen molar-refractivity contribution >= 4 is 15.9 Å². The molecule has 2 heterocycles. The highest BCUT2D eigenvalue weighted by atomic mass is 79.9. The van der Waals surface area contributed by atoms with Crippen LogP contribution in [0.15, 0.2) is 12.2 Å². The fourth-order valence-corrected chi connectivity index (χ4v) is 6.21. The first kappa shape index (κ1) is 11.9. The SMILES string of the molecule is C=C1CC2OC3(Br)CCC4(C)OC1CC24C3(C)C. The predicted octanol–water partition coefficient (Wildman–Crippen LogP) is 3.79. The molecule has 4 rings (SSSR count). The lowest BCUT2D eigenvalue weighted by atomic mass is 9.48. The Morgan fingerprint density at radius 3 is 2.67 bits per heavy atom. The van der Waals surface area contributed by atoms with Crippen LogP contribution in [-0.2, 0) is 9.47 Å². The molecule has 5 atom stereocenters. The Balaban J connectivity index is 1.98. The van der Waals surface area contributed by atoms with Crippen molar-refractivity contribution in [1.82, 2.24) is 0 Å². The summed E-state index contributed by atoms with van der Waals surface area (Å²) < 4.78 is 12.8. The molecule has 2 nitrogen and oxygen atoms in total. The average Bonchev–Trinajstić information content (AvgIpc) is 2.61. The molecule has 1 spiro atoms. The van der Waals surface area contributed by atoms with Crippen molar-refractivity contribution in [1.29, 1.82) is 0 Å². The van der Waals surface area contributed by atoms with E-state index in [1.165, 1.54) is 5.57 Å². The van der Waals surface area contributed by atoms with E-state index in [-0.39, 0.29) is 33.1 Å². The third-order valence-corrected chi connectivity index (χ3v) is 8.18. The Hall–Kier alpha value is 0.140. The number of ether oxygens (including phenoxy) is 2. The van der Waals surface area contributed by atoms with Gasteiger partial charge in [-0.3, -0.25) is 0 Å². The van der Waals surface area contributed by atoms with Gasteiger partial charge in [0, 0.05) is 10.8 Å². The van der Waals surface area contributed by atoms with Crippen LogP contribution in [0.4, 0.5) is 0 Å². The first-order valence-electron chi connectivity index (χ1n) is 6.98. The van der Waals surface area contributed by atoms with Gasteiger partial charge in [0.05, 0.1) is 17.8 Å². The van der Waals surface area contributed by atoms with E-state index in [0.29, 0.717) is 0 Å². The number of hydrogen-bond acceptors (Lipinski definition) is 2. The zero-order valence-electron chi connectivity index (χ0n) is 11.4. The molecule has 0 aromatic rings. The maximum atomic E-state index is 6.49. The van der Waals surface area contributed by atoms with E-state index < -0.39 is 0 Å². The van der Waals surface area contributed by atoms with Crippen LogP contribution >= 0.6 is 15.9 Å². The molecule has 2 aliphatic carbocycles. The highest BCUT2D eigenvalue weighted by Gasteiger charge is 2.80. The Bertz CT molecular complexity index is 459. The number of rotatable bonds is 0. The first-order valence-corrected chi connectivity index (χ1v) is 7.77.